The van der Waals surface area contributed by atoms with Gasteiger partial charge in [0.2, 0.25) is 0 Å². The Hall–Kier alpha value is -1.58. The van der Waals surface area contributed by atoms with Crippen molar-refractivity contribution in [2.75, 3.05) is 20.7 Å². The number of nitrogens with zero attached hydrogens (tertiary/aromatic N) is 1. The Morgan fingerprint density at radius 1 is 1.24 bits per heavy atom. The molecule has 1 rings (SSSR count). The van der Waals surface area contributed by atoms with Gasteiger partial charge in [-0.25, -0.2) is 0 Å². The molecule has 4 nitrogen and oxygen atoms in total. The predicted molar refractivity (Wildman–Crippen MR) is 84.5 cm³/mol. The number of ether oxygens (including phenoxy) is 1. The van der Waals surface area contributed by atoms with Crippen molar-refractivity contribution in [2.45, 2.75) is 19.8 Å². The first kappa shape index (κ1) is 17.5. The zero-order chi connectivity index (χ0) is 15.7. The van der Waals surface area contributed by atoms with E-state index in [-0.39, 0.29) is 26.8 Å². The Morgan fingerprint density at radius 2 is 1.90 bits per heavy atom. The second kappa shape index (κ2) is 9.37. The molecule has 0 unspecified atom stereocenters. The van der Waals surface area contributed by atoms with Crippen LogP contribution in [0.15, 0.2) is 40.9 Å². The summed E-state index contributed by atoms with van der Waals surface area (Å²) in [5.41, 5.74) is 0. The molecule has 1 aromatic carbocycles. The molecule has 0 heterocycles. The molecule has 5 heteroatoms. The molecular weight excluding hydrogens is 333 g/mol. The molecule has 0 aromatic heterocycles. The third-order valence-electron chi connectivity index (χ3n) is 2.59. The van der Waals surface area contributed by atoms with Crippen LogP contribution in [0.4, 0.5) is 0 Å². The Kier molecular flexibility index (Phi) is 7.80. The first-order valence-electron chi connectivity index (χ1n) is 6.77. The van der Waals surface area contributed by atoms with Crippen LogP contribution in [-0.2, 0) is 14.3 Å². The summed E-state index contributed by atoms with van der Waals surface area (Å²) in [5, 5.41) is 0. The SMILES string of the molecule is CC(=O)OCCC/C(=C/C(=O)N(C)C)[Se]c1ccccc1. The number of hydrogen-bond donors (Lipinski definition) is 0. The molecule has 21 heavy (non-hydrogen) atoms. The number of hydrogen-bond acceptors (Lipinski definition) is 3. The van der Waals surface area contributed by atoms with Crippen LogP contribution in [0.5, 0.6) is 0 Å². The van der Waals surface area contributed by atoms with E-state index in [0.717, 1.165) is 17.3 Å². The van der Waals surface area contributed by atoms with Gasteiger partial charge >= 0.3 is 132 Å². The minimum atomic E-state index is -0.265. The number of carbonyl (C=O) groups excluding carboxylic acids is 2. The van der Waals surface area contributed by atoms with E-state index in [2.05, 4.69) is 12.1 Å². The van der Waals surface area contributed by atoms with E-state index in [1.165, 1.54) is 11.4 Å². The van der Waals surface area contributed by atoms with Crippen LogP contribution in [0, 0.1) is 0 Å². The Labute approximate surface area is 132 Å². The third kappa shape index (κ3) is 7.69. The second-order valence-electron chi connectivity index (χ2n) is 4.70. The fourth-order valence-corrected chi connectivity index (χ4v) is 3.62. The van der Waals surface area contributed by atoms with Crippen LogP contribution >= 0.6 is 0 Å². The summed E-state index contributed by atoms with van der Waals surface area (Å²) >= 11 is 0.114. The number of benzene rings is 1. The van der Waals surface area contributed by atoms with Gasteiger partial charge in [0.05, 0.1) is 0 Å². The fourth-order valence-electron chi connectivity index (χ4n) is 1.52. The van der Waals surface area contributed by atoms with Crippen LogP contribution in [0.2, 0.25) is 0 Å². The summed E-state index contributed by atoms with van der Waals surface area (Å²) < 4.78 is 7.28. The van der Waals surface area contributed by atoms with Gasteiger partial charge in [0, 0.05) is 0 Å². The van der Waals surface area contributed by atoms with Gasteiger partial charge in [0.25, 0.3) is 0 Å². The minimum absolute atomic E-state index is 0.00436. The van der Waals surface area contributed by atoms with Crippen LogP contribution in [0.25, 0.3) is 0 Å². The second-order valence-corrected chi connectivity index (χ2v) is 7.22. The quantitative estimate of drug-likeness (QED) is 0.321. The summed E-state index contributed by atoms with van der Waals surface area (Å²) in [6, 6.07) is 10.1. The molecule has 114 valence electrons. The molecule has 1 amide bonds. The maximum absolute atomic E-state index is 11.9. The molecule has 0 saturated heterocycles. The predicted octanol–water partition coefficient (Wildman–Crippen LogP) is 1.33. The number of esters is 1. The van der Waals surface area contributed by atoms with Gasteiger partial charge in [0.15, 0.2) is 0 Å². The normalized spacial score (nSPS) is 11.1. The van der Waals surface area contributed by atoms with Crippen LogP contribution in [0.1, 0.15) is 19.8 Å². The monoisotopic (exact) mass is 355 g/mol. The van der Waals surface area contributed by atoms with Crippen LogP contribution < -0.4 is 4.46 Å². The van der Waals surface area contributed by atoms with Crippen molar-refractivity contribution >= 4 is 31.3 Å². The molecule has 0 fully saturated rings. The van der Waals surface area contributed by atoms with Crippen molar-refractivity contribution in [1.82, 2.24) is 4.90 Å². The van der Waals surface area contributed by atoms with Gasteiger partial charge in [0.1, 0.15) is 0 Å². The zero-order valence-corrected chi connectivity index (χ0v) is 14.4. The van der Waals surface area contributed by atoms with Crippen molar-refractivity contribution in [1.29, 1.82) is 0 Å². The number of carbonyl (C=O) groups is 2. The average molecular weight is 354 g/mol. The van der Waals surface area contributed by atoms with E-state index in [0.29, 0.717) is 6.61 Å². The van der Waals surface area contributed by atoms with Gasteiger partial charge in [-0.2, -0.15) is 0 Å². The summed E-state index contributed by atoms with van der Waals surface area (Å²) in [6.07, 6.45) is 3.21. The molecule has 0 radical (unpaired) electrons. The summed E-state index contributed by atoms with van der Waals surface area (Å²) in [4.78, 5) is 24.2. The van der Waals surface area contributed by atoms with Crippen LogP contribution in [-0.4, -0.2) is 52.4 Å². The molecule has 0 aliphatic rings. The van der Waals surface area contributed by atoms with E-state index >= 15 is 0 Å². The summed E-state index contributed by atoms with van der Waals surface area (Å²) in [6.45, 7) is 1.80. The number of rotatable bonds is 7. The first-order valence-corrected chi connectivity index (χ1v) is 8.48. The molecule has 0 atom stereocenters. The van der Waals surface area contributed by atoms with Crippen molar-refractivity contribution < 1.29 is 14.3 Å². The Bertz CT molecular complexity index is 498. The van der Waals surface area contributed by atoms with E-state index in [1.54, 1.807) is 25.1 Å². The first-order chi connectivity index (χ1) is 9.99. The van der Waals surface area contributed by atoms with E-state index in [1.807, 2.05) is 18.2 Å². The fraction of sp³-hybridized carbons (Fsp3) is 0.375. The summed E-state index contributed by atoms with van der Waals surface area (Å²) in [7, 11) is 3.48. The zero-order valence-electron chi connectivity index (χ0n) is 12.7. The Morgan fingerprint density at radius 3 is 2.48 bits per heavy atom. The van der Waals surface area contributed by atoms with Crippen molar-refractivity contribution in [3.05, 3.63) is 40.9 Å². The third-order valence-corrected chi connectivity index (χ3v) is 4.88. The maximum atomic E-state index is 11.9. The van der Waals surface area contributed by atoms with E-state index in [9.17, 15) is 9.59 Å². The van der Waals surface area contributed by atoms with Gasteiger partial charge in [-0.3, -0.25) is 0 Å². The molecular formula is C16H21NO3Se. The van der Waals surface area contributed by atoms with E-state index in [4.69, 9.17) is 4.74 Å². The molecule has 0 aliphatic carbocycles. The van der Waals surface area contributed by atoms with Gasteiger partial charge in [-0.1, -0.05) is 0 Å². The van der Waals surface area contributed by atoms with Gasteiger partial charge in [-0.15, -0.1) is 0 Å². The van der Waals surface area contributed by atoms with Crippen molar-refractivity contribution in [3.8, 4) is 0 Å². The van der Waals surface area contributed by atoms with E-state index < -0.39 is 0 Å². The topological polar surface area (TPSA) is 46.6 Å². The summed E-state index contributed by atoms with van der Waals surface area (Å²) in [5.74, 6) is -0.270. The number of amides is 1. The number of likely N-dealkylation sites (N-methyl/N-ethyl adjacent to an activating group) is 1. The standard InChI is InChI=1S/C16H21NO3Se/c1-13(18)20-11-7-10-15(12-16(19)17(2)3)21-14-8-5-4-6-9-14/h4-6,8-9,12H,7,10-11H2,1-3H3/b15-12-. The van der Waals surface area contributed by atoms with Crippen molar-refractivity contribution in [2.24, 2.45) is 0 Å². The van der Waals surface area contributed by atoms with Gasteiger partial charge < -0.3 is 0 Å². The average Bonchev–Trinajstić information content (AvgIpc) is 2.44. The molecule has 0 N–H and O–H groups in total. The Balaban J connectivity index is 2.66. The van der Waals surface area contributed by atoms with Crippen molar-refractivity contribution in [3.63, 3.8) is 0 Å². The van der Waals surface area contributed by atoms with Gasteiger partial charge in [-0.05, 0) is 0 Å². The molecule has 0 saturated carbocycles. The molecule has 0 spiro atoms. The molecule has 0 bridgehead atoms. The molecule has 0 aliphatic heterocycles. The van der Waals surface area contributed by atoms with Crippen LogP contribution in [0.3, 0.4) is 0 Å². The number of allylic oxidation sites excluding steroid dienone is 1. The molecule has 1 aromatic rings.